The zero-order valence-electron chi connectivity index (χ0n) is 14.1. The number of benzene rings is 1. The number of aromatic nitrogens is 2. The molecule has 128 valence electrons. The molecule has 0 spiro atoms. The Morgan fingerprint density at radius 2 is 2.17 bits per heavy atom. The first kappa shape index (κ1) is 17.0. The van der Waals surface area contributed by atoms with Gasteiger partial charge >= 0.3 is 0 Å². The van der Waals surface area contributed by atoms with Crippen LogP contribution >= 0.6 is 11.8 Å². The number of nitrogens with one attached hydrogen (secondary N) is 1. The van der Waals surface area contributed by atoms with E-state index in [1.54, 1.807) is 6.20 Å². The van der Waals surface area contributed by atoms with Crippen LogP contribution in [0.4, 0.5) is 0 Å². The largest absolute Gasteiger partial charge is 0.376 e. The molecule has 3 rings (SSSR count). The highest BCUT2D eigenvalue weighted by Gasteiger charge is 2.16. The quantitative estimate of drug-likeness (QED) is 0.818. The van der Waals surface area contributed by atoms with Crippen molar-refractivity contribution < 1.29 is 9.53 Å². The normalized spacial score (nSPS) is 17.2. The number of imidazole rings is 1. The summed E-state index contributed by atoms with van der Waals surface area (Å²) in [5.41, 5.74) is 3.50. The Morgan fingerprint density at radius 3 is 2.88 bits per heavy atom. The van der Waals surface area contributed by atoms with Gasteiger partial charge in [-0.2, -0.15) is 0 Å². The smallest absolute Gasteiger partial charge is 0.230 e. The summed E-state index contributed by atoms with van der Waals surface area (Å²) in [5, 5.41) is 3.77. The third-order valence-electron chi connectivity index (χ3n) is 3.97. The van der Waals surface area contributed by atoms with Gasteiger partial charge in [-0.1, -0.05) is 17.8 Å². The first-order valence-electron chi connectivity index (χ1n) is 8.25. The van der Waals surface area contributed by atoms with Gasteiger partial charge < -0.3 is 10.1 Å². The molecule has 1 fully saturated rings. The summed E-state index contributed by atoms with van der Waals surface area (Å²) in [5.74, 6) is 0.375. The maximum atomic E-state index is 12.0. The average Bonchev–Trinajstić information content (AvgIpc) is 3.21. The molecule has 1 aliphatic rings. The fraction of sp³-hybridized carbons (Fsp3) is 0.444. The number of carbonyl (C=O) groups excluding carboxylic acids is 1. The van der Waals surface area contributed by atoms with Gasteiger partial charge in [0.1, 0.15) is 0 Å². The van der Waals surface area contributed by atoms with Gasteiger partial charge in [-0.25, -0.2) is 4.98 Å². The summed E-state index contributed by atoms with van der Waals surface area (Å²) < 4.78 is 7.54. The van der Waals surface area contributed by atoms with Gasteiger partial charge in [-0.05, 0) is 49.9 Å². The Morgan fingerprint density at radius 1 is 1.38 bits per heavy atom. The van der Waals surface area contributed by atoms with Gasteiger partial charge in [-0.3, -0.25) is 9.36 Å². The molecule has 1 amide bonds. The van der Waals surface area contributed by atoms with Crippen LogP contribution in [0.15, 0.2) is 35.7 Å². The van der Waals surface area contributed by atoms with Crippen molar-refractivity contribution in [1.29, 1.82) is 0 Å². The molecule has 5 nitrogen and oxygen atoms in total. The first-order chi connectivity index (χ1) is 11.6. The van der Waals surface area contributed by atoms with E-state index >= 15 is 0 Å². The molecule has 0 bridgehead atoms. The van der Waals surface area contributed by atoms with Crippen molar-refractivity contribution in [1.82, 2.24) is 14.9 Å². The Balaban J connectivity index is 1.58. The maximum Gasteiger partial charge on any atom is 0.230 e. The van der Waals surface area contributed by atoms with E-state index in [4.69, 9.17) is 4.74 Å². The fourth-order valence-corrected chi connectivity index (χ4v) is 3.70. The standard InChI is InChI=1S/C18H23N3O2S/c1-13-8-14(2)10-15(9-13)21-6-5-19-18(21)24-12-17(22)20-11-16-4-3-7-23-16/h5-6,8-10,16H,3-4,7,11-12H2,1-2H3,(H,20,22)/t16-/m0/s1. The fourth-order valence-electron chi connectivity index (χ4n) is 2.90. The minimum absolute atomic E-state index is 0.0190. The van der Waals surface area contributed by atoms with Crippen LogP contribution in [0.2, 0.25) is 0 Å². The molecule has 6 heteroatoms. The summed E-state index contributed by atoms with van der Waals surface area (Å²) in [4.78, 5) is 16.4. The van der Waals surface area contributed by atoms with Gasteiger partial charge in [0.05, 0.1) is 11.9 Å². The van der Waals surface area contributed by atoms with E-state index in [0.717, 1.165) is 30.3 Å². The van der Waals surface area contributed by atoms with Crippen molar-refractivity contribution in [3.05, 3.63) is 41.7 Å². The number of amides is 1. The van der Waals surface area contributed by atoms with Crippen LogP contribution < -0.4 is 5.32 Å². The monoisotopic (exact) mass is 345 g/mol. The second-order valence-corrected chi connectivity index (χ2v) is 7.10. The Kier molecular flexibility index (Phi) is 5.58. The third-order valence-corrected chi connectivity index (χ3v) is 4.94. The summed E-state index contributed by atoms with van der Waals surface area (Å²) >= 11 is 1.45. The molecule has 0 aliphatic carbocycles. The molecule has 1 N–H and O–H groups in total. The predicted molar refractivity (Wildman–Crippen MR) is 95.7 cm³/mol. The van der Waals surface area contributed by atoms with Crippen LogP contribution in [0.25, 0.3) is 5.69 Å². The predicted octanol–water partition coefficient (Wildman–Crippen LogP) is 2.88. The van der Waals surface area contributed by atoms with Crippen LogP contribution in [-0.4, -0.2) is 40.5 Å². The summed E-state index contributed by atoms with van der Waals surface area (Å²) in [6, 6.07) is 6.39. The first-order valence-corrected chi connectivity index (χ1v) is 9.23. The lowest BCUT2D eigenvalue weighted by atomic mass is 10.1. The summed E-state index contributed by atoms with van der Waals surface area (Å²) in [7, 11) is 0. The summed E-state index contributed by atoms with van der Waals surface area (Å²) in [6.07, 6.45) is 5.99. The molecule has 2 heterocycles. The third kappa shape index (κ3) is 4.39. The van der Waals surface area contributed by atoms with Crippen LogP contribution in [0.5, 0.6) is 0 Å². The molecule has 0 radical (unpaired) electrons. The second kappa shape index (κ2) is 7.85. The number of carbonyl (C=O) groups is 1. The van der Waals surface area contributed by atoms with Crippen LogP contribution in [-0.2, 0) is 9.53 Å². The number of rotatable bonds is 6. The highest BCUT2D eigenvalue weighted by atomic mass is 32.2. The van der Waals surface area contributed by atoms with Crippen LogP contribution in [0, 0.1) is 13.8 Å². The molecule has 1 aromatic heterocycles. The van der Waals surface area contributed by atoms with Gasteiger partial charge in [0.2, 0.25) is 5.91 Å². The maximum absolute atomic E-state index is 12.0. The lowest BCUT2D eigenvalue weighted by molar-refractivity contribution is -0.119. The van der Waals surface area contributed by atoms with Crippen molar-refractivity contribution in [2.24, 2.45) is 0 Å². The second-order valence-electron chi connectivity index (χ2n) is 6.15. The Bertz CT molecular complexity index is 688. The van der Waals surface area contributed by atoms with E-state index in [0.29, 0.717) is 12.3 Å². The lowest BCUT2D eigenvalue weighted by Crippen LogP contribution is -2.32. The van der Waals surface area contributed by atoms with Crippen molar-refractivity contribution in [3.63, 3.8) is 0 Å². The van der Waals surface area contributed by atoms with Crippen molar-refractivity contribution >= 4 is 17.7 Å². The average molecular weight is 345 g/mol. The van der Waals surface area contributed by atoms with E-state index in [2.05, 4.69) is 42.3 Å². The SMILES string of the molecule is Cc1cc(C)cc(-n2ccnc2SCC(=O)NC[C@@H]2CCCO2)c1. The number of nitrogens with zero attached hydrogens (tertiary/aromatic N) is 2. The van der Waals surface area contributed by atoms with E-state index in [1.807, 2.05) is 10.8 Å². The molecular formula is C18H23N3O2S. The van der Waals surface area contributed by atoms with Crippen molar-refractivity contribution in [2.75, 3.05) is 18.9 Å². The number of hydrogen-bond donors (Lipinski definition) is 1. The zero-order valence-corrected chi connectivity index (χ0v) is 14.9. The van der Waals surface area contributed by atoms with E-state index in [-0.39, 0.29) is 12.0 Å². The zero-order chi connectivity index (χ0) is 16.9. The lowest BCUT2D eigenvalue weighted by Gasteiger charge is -2.11. The molecule has 1 aromatic carbocycles. The van der Waals surface area contributed by atoms with E-state index in [1.165, 1.54) is 22.9 Å². The van der Waals surface area contributed by atoms with Gasteiger partial charge in [0.25, 0.3) is 0 Å². The Hall–Kier alpha value is -1.79. The molecule has 1 atom stereocenters. The van der Waals surface area contributed by atoms with Crippen LogP contribution in [0.1, 0.15) is 24.0 Å². The van der Waals surface area contributed by atoms with Gasteiger partial charge in [0.15, 0.2) is 5.16 Å². The number of ether oxygens (including phenoxy) is 1. The highest BCUT2D eigenvalue weighted by molar-refractivity contribution is 7.99. The Labute approximate surface area is 146 Å². The number of hydrogen-bond acceptors (Lipinski definition) is 4. The molecular weight excluding hydrogens is 322 g/mol. The topological polar surface area (TPSA) is 56.2 Å². The molecule has 0 saturated carbocycles. The van der Waals surface area contributed by atoms with Gasteiger partial charge in [0, 0.05) is 31.2 Å². The molecule has 2 aromatic rings. The number of thioether (sulfide) groups is 1. The summed E-state index contributed by atoms with van der Waals surface area (Å²) in [6.45, 7) is 5.57. The molecule has 0 unspecified atom stereocenters. The molecule has 1 saturated heterocycles. The van der Waals surface area contributed by atoms with E-state index < -0.39 is 0 Å². The van der Waals surface area contributed by atoms with Crippen molar-refractivity contribution in [3.8, 4) is 5.69 Å². The van der Waals surface area contributed by atoms with Crippen LogP contribution in [0.3, 0.4) is 0 Å². The van der Waals surface area contributed by atoms with Crippen molar-refractivity contribution in [2.45, 2.75) is 37.9 Å². The highest BCUT2D eigenvalue weighted by Crippen LogP contribution is 2.22. The van der Waals surface area contributed by atoms with Gasteiger partial charge in [-0.15, -0.1) is 0 Å². The molecule has 1 aliphatic heterocycles. The van der Waals surface area contributed by atoms with E-state index in [9.17, 15) is 4.79 Å². The minimum Gasteiger partial charge on any atom is -0.376 e. The molecule has 24 heavy (non-hydrogen) atoms. The number of aryl methyl sites for hydroxylation is 2. The minimum atomic E-state index is 0.0190.